The third-order valence-corrected chi connectivity index (χ3v) is 5.91. The molecule has 1 heterocycles. The summed E-state index contributed by atoms with van der Waals surface area (Å²) in [5, 5.41) is 12.5. The number of aliphatic hydroxyl groups is 1. The van der Waals surface area contributed by atoms with Gasteiger partial charge in [-0.15, -0.1) is 0 Å². The number of hydrogen-bond donors (Lipinski definition) is 1. The smallest absolute Gasteiger partial charge is 0.0730 e. The third kappa shape index (κ3) is 3.89. The van der Waals surface area contributed by atoms with Gasteiger partial charge in [0.2, 0.25) is 0 Å². The molecular formula is C22H29NO2. The van der Waals surface area contributed by atoms with Crippen molar-refractivity contribution >= 4 is 10.8 Å². The Morgan fingerprint density at radius 1 is 1.00 bits per heavy atom. The van der Waals surface area contributed by atoms with Gasteiger partial charge >= 0.3 is 0 Å². The van der Waals surface area contributed by atoms with Gasteiger partial charge in [0.05, 0.1) is 18.8 Å². The number of β-amino-alcohol motifs (C(OH)–C–C–N with tert-alkyl or cyclic N) is 1. The lowest BCUT2D eigenvalue weighted by molar-refractivity contribution is -0.0315. The predicted molar refractivity (Wildman–Crippen MR) is 102 cm³/mol. The van der Waals surface area contributed by atoms with Crippen molar-refractivity contribution in [3.05, 3.63) is 48.0 Å². The number of aliphatic hydroxyl groups excluding tert-OH is 1. The highest BCUT2D eigenvalue weighted by atomic mass is 16.5. The molecule has 1 aliphatic heterocycles. The molecule has 2 aromatic carbocycles. The fourth-order valence-electron chi connectivity index (χ4n) is 4.59. The molecule has 1 saturated heterocycles. The summed E-state index contributed by atoms with van der Waals surface area (Å²) < 4.78 is 6.37. The van der Waals surface area contributed by atoms with Gasteiger partial charge in [-0.05, 0) is 42.0 Å². The van der Waals surface area contributed by atoms with E-state index in [4.69, 9.17) is 4.74 Å². The fourth-order valence-corrected chi connectivity index (χ4v) is 4.59. The molecule has 1 saturated carbocycles. The minimum absolute atomic E-state index is 0.141. The minimum Gasteiger partial charge on any atom is -0.392 e. The lowest BCUT2D eigenvalue weighted by atomic mass is 9.91. The summed E-state index contributed by atoms with van der Waals surface area (Å²) >= 11 is 0. The first-order valence-corrected chi connectivity index (χ1v) is 9.81. The lowest BCUT2D eigenvalue weighted by Crippen LogP contribution is -2.46. The van der Waals surface area contributed by atoms with E-state index in [2.05, 4.69) is 47.4 Å². The van der Waals surface area contributed by atoms with Gasteiger partial charge in [0.25, 0.3) is 0 Å². The summed E-state index contributed by atoms with van der Waals surface area (Å²) in [5.74, 6) is 0. The highest BCUT2D eigenvalue weighted by molar-refractivity contribution is 5.85. The fraction of sp³-hybridized carbons (Fsp3) is 0.545. The van der Waals surface area contributed by atoms with Crippen LogP contribution in [0.5, 0.6) is 0 Å². The topological polar surface area (TPSA) is 32.7 Å². The molecule has 1 N–H and O–H groups in total. The van der Waals surface area contributed by atoms with Gasteiger partial charge in [0.15, 0.2) is 0 Å². The van der Waals surface area contributed by atoms with Crippen molar-refractivity contribution in [3.63, 3.8) is 0 Å². The molecule has 4 rings (SSSR count). The average Bonchev–Trinajstić information content (AvgIpc) is 3.08. The lowest BCUT2D eigenvalue weighted by Gasteiger charge is -2.37. The quantitative estimate of drug-likeness (QED) is 0.900. The zero-order valence-corrected chi connectivity index (χ0v) is 14.9. The largest absolute Gasteiger partial charge is 0.392 e. The number of fused-ring (bicyclic) bond motifs is 1. The van der Waals surface area contributed by atoms with E-state index in [-0.39, 0.29) is 6.10 Å². The Hall–Kier alpha value is -1.42. The van der Waals surface area contributed by atoms with E-state index in [1.165, 1.54) is 35.6 Å². The van der Waals surface area contributed by atoms with Gasteiger partial charge < -0.3 is 9.84 Å². The number of benzene rings is 2. The Balaban J connectivity index is 1.38. The molecule has 0 radical (unpaired) electrons. The molecule has 134 valence electrons. The van der Waals surface area contributed by atoms with Crippen molar-refractivity contribution in [3.8, 4) is 0 Å². The van der Waals surface area contributed by atoms with Crippen LogP contribution in [0, 0.1) is 0 Å². The van der Waals surface area contributed by atoms with Gasteiger partial charge in [-0.3, -0.25) is 4.90 Å². The molecule has 2 aromatic rings. The molecule has 0 bridgehead atoms. The first kappa shape index (κ1) is 17.0. The van der Waals surface area contributed by atoms with E-state index in [9.17, 15) is 5.11 Å². The second-order valence-electron chi connectivity index (χ2n) is 7.59. The summed E-state index contributed by atoms with van der Waals surface area (Å²) in [4.78, 5) is 2.46. The predicted octanol–water partition coefficient (Wildman–Crippen LogP) is 3.78. The number of rotatable bonds is 5. The van der Waals surface area contributed by atoms with Crippen LogP contribution >= 0.6 is 0 Å². The molecular weight excluding hydrogens is 310 g/mol. The molecule has 1 aliphatic carbocycles. The summed E-state index contributed by atoms with van der Waals surface area (Å²) in [6.07, 6.45) is 7.00. The van der Waals surface area contributed by atoms with Gasteiger partial charge in [0, 0.05) is 19.1 Å². The van der Waals surface area contributed by atoms with E-state index in [1.807, 2.05) is 0 Å². The molecule has 1 unspecified atom stereocenters. The minimum atomic E-state index is -0.141. The van der Waals surface area contributed by atoms with Gasteiger partial charge in [-0.2, -0.15) is 0 Å². The van der Waals surface area contributed by atoms with Gasteiger partial charge in [0.1, 0.15) is 0 Å². The van der Waals surface area contributed by atoms with Crippen LogP contribution in [0.1, 0.15) is 37.7 Å². The number of hydrogen-bond acceptors (Lipinski definition) is 3. The Bertz CT molecular complexity index is 696. The molecule has 0 aromatic heterocycles. The Morgan fingerprint density at radius 2 is 1.84 bits per heavy atom. The van der Waals surface area contributed by atoms with Crippen molar-refractivity contribution < 1.29 is 9.84 Å². The van der Waals surface area contributed by atoms with Crippen molar-refractivity contribution in [1.82, 2.24) is 4.90 Å². The average molecular weight is 339 g/mol. The molecule has 2 aliphatic rings. The van der Waals surface area contributed by atoms with Crippen LogP contribution in [0.4, 0.5) is 0 Å². The first-order chi connectivity index (χ1) is 12.3. The first-order valence-electron chi connectivity index (χ1n) is 9.81. The van der Waals surface area contributed by atoms with E-state index in [0.29, 0.717) is 12.1 Å². The number of likely N-dealkylation sites (tertiary alicyclic amines) is 1. The third-order valence-electron chi connectivity index (χ3n) is 5.91. The standard InChI is InChI=1S/C22H29NO2/c24-19-12-14-23(16-19)21-10-3-4-11-22(21)25-15-13-18-8-5-7-17-6-1-2-9-20(17)18/h1-2,5-9,19,21-22,24H,3-4,10-16H2/t19?,21-,22-/m0/s1. The Kier molecular flexibility index (Phi) is 5.35. The van der Waals surface area contributed by atoms with E-state index in [1.54, 1.807) is 0 Å². The van der Waals surface area contributed by atoms with Gasteiger partial charge in [-0.25, -0.2) is 0 Å². The van der Waals surface area contributed by atoms with Crippen LogP contribution in [-0.2, 0) is 11.2 Å². The summed E-state index contributed by atoms with van der Waals surface area (Å²) in [7, 11) is 0. The normalized spacial score (nSPS) is 27.8. The molecule has 3 nitrogen and oxygen atoms in total. The van der Waals surface area contributed by atoms with Crippen molar-refractivity contribution in [2.24, 2.45) is 0 Å². The maximum Gasteiger partial charge on any atom is 0.0730 e. The van der Waals surface area contributed by atoms with Crippen LogP contribution in [0.2, 0.25) is 0 Å². The second-order valence-corrected chi connectivity index (χ2v) is 7.59. The van der Waals surface area contributed by atoms with Crippen LogP contribution in [-0.4, -0.2) is 48.0 Å². The maximum atomic E-state index is 9.86. The SMILES string of the molecule is OC1CCN([C@H]2CCCC[C@@H]2OCCc2cccc3ccccc23)C1. The molecule has 0 spiro atoms. The molecule has 0 amide bonds. The van der Waals surface area contributed by atoms with Crippen molar-refractivity contribution in [2.45, 2.75) is 56.8 Å². The summed E-state index contributed by atoms with van der Waals surface area (Å²) in [6.45, 7) is 2.63. The highest BCUT2D eigenvalue weighted by Gasteiger charge is 2.34. The van der Waals surface area contributed by atoms with E-state index in [0.717, 1.165) is 39.0 Å². The number of ether oxygens (including phenoxy) is 1. The zero-order valence-electron chi connectivity index (χ0n) is 14.9. The Labute approximate surface area is 150 Å². The Morgan fingerprint density at radius 3 is 2.72 bits per heavy atom. The van der Waals surface area contributed by atoms with Gasteiger partial charge in [-0.1, -0.05) is 55.3 Å². The zero-order chi connectivity index (χ0) is 17.1. The summed E-state index contributed by atoms with van der Waals surface area (Å²) in [6, 6.07) is 15.6. The van der Waals surface area contributed by atoms with Crippen LogP contribution in [0.15, 0.2) is 42.5 Å². The van der Waals surface area contributed by atoms with E-state index >= 15 is 0 Å². The van der Waals surface area contributed by atoms with Crippen LogP contribution in [0.25, 0.3) is 10.8 Å². The maximum absolute atomic E-state index is 9.86. The monoisotopic (exact) mass is 339 g/mol. The van der Waals surface area contributed by atoms with Crippen molar-refractivity contribution in [2.75, 3.05) is 19.7 Å². The summed E-state index contributed by atoms with van der Waals surface area (Å²) in [5.41, 5.74) is 1.38. The van der Waals surface area contributed by atoms with Crippen molar-refractivity contribution in [1.29, 1.82) is 0 Å². The van der Waals surface area contributed by atoms with E-state index < -0.39 is 0 Å². The highest BCUT2D eigenvalue weighted by Crippen LogP contribution is 2.28. The molecule has 25 heavy (non-hydrogen) atoms. The van der Waals surface area contributed by atoms with Crippen LogP contribution < -0.4 is 0 Å². The number of nitrogens with zero attached hydrogens (tertiary/aromatic N) is 1. The second kappa shape index (κ2) is 7.86. The van der Waals surface area contributed by atoms with Crippen LogP contribution in [0.3, 0.4) is 0 Å². The molecule has 2 fully saturated rings. The molecule has 3 atom stereocenters. The molecule has 3 heteroatoms.